The van der Waals surface area contributed by atoms with Gasteiger partial charge in [0.1, 0.15) is 12.4 Å². The molecule has 164 valence electrons. The highest BCUT2D eigenvalue weighted by Crippen LogP contribution is 2.47. The highest BCUT2D eigenvalue weighted by molar-refractivity contribution is 6.43. The van der Waals surface area contributed by atoms with E-state index in [2.05, 4.69) is 5.32 Å². The molecule has 0 aromatic heterocycles. The van der Waals surface area contributed by atoms with Gasteiger partial charge in [-0.3, -0.25) is 4.79 Å². The molecule has 3 N–H and O–H groups in total. The van der Waals surface area contributed by atoms with E-state index in [9.17, 15) is 28.4 Å². The summed E-state index contributed by atoms with van der Waals surface area (Å²) in [6.07, 6.45) is 1.89. The van der Waals surface area contributed by atoms with Crippen LogP contribution < -0.4 is 5.32 Å². The summed E-state index contributed by atoms with van der Waals surface area (Å²) in [5.41, 5.74) is -2.14. The molecule has 7 nitrogen and oxygen atoms in total. The molecule has 10 heteroatoms. The summed E-state index contributed by atoms with van der Waals surface area (Å²) in [6.45, 7) is 2.34. The summed E-state index contributed by atoms with van der Waals surface area (Å²) in [6, 6.07) is 5.39. The Bertz CT molecular complexity index is 776. The van der Waals surface area contributed by atoms with E-state index < -0.39 is 42.1 Å². The van der Waals surface area contributed by atoms with Gasteiger partial charge in [-0.1, -0.05) is 12.1 Å². The Kier molecular flexibility index (Phi) is 6.38. The highest BCUT2D eigenvalue weighted by atomic mass is 19.1. The van der Waals surface area contributed by atoms with Crippen LogP contribution in [0.25, 0.3) is 0 Å². The minimum atomic E-state index is -2.01. The van der Waals surface area contributed by atoms with E-state index in [1.165, 1.54) is 43.0 Å². The number of fused-ring (bicyclic) bond motifs is 2. The number of rotatable bonds is 7. The maximum absolute atomic E-state index is 14.3. The van der Waals surface area contributed by atoms with Gasteiger partial charge in [-0.25, -0.2) is 13.6 Å². The Morgan fingerprint density at radius 3 is 2.43 bits per heavy atom. The SMILES string of the molecule is CC(C)(F)C(=O)N1C2CCC1(COC(=O)N[C@@H](Cc1ccc(F)cc1)B(O)O)CC2. The van der Waals surface area contributed by atoms with Crippen molar-refractivity contribution in [2.24, 2.45) is 0 Å². The minimum Gasteiger partial charge on any atom is -0.447 e. The van der Waals surface area contributed by atoms with E-state index in [4.69, 9.17) is 4.74 Å². The maximum Gasteiger partial charge on any atom is 0.475 e. The van der Waals surface area contributed by atoms with Gasteiger partial charge in [0.05, 0.1) is 11.5 Å². The van der Waals surface area contributed by atoms with Crippen molar-refractivity contribution in [3.05, 3.63) is 35.6 Å². The first-order chi connectivity index (χ1) is 14.0. The molecule has 1 atom stereocenters. The first kappa shape index (κ1) is 22.5. The second-order valence-corrected chi connectivity index (χ2v) is 8.67. The quantitative estimate of drug-likeness (QED) is 0.580. The molecule has 2 aliphatic rings. The second kappa shape index (κ2) is 8.51. The van der Waals surface area contributed by atoms with Crippen molar-refractivity contribution in [3.8, 4) is 0 Å². The van der Waals surface area contributed by atoms with Crippen LogP contribution in [0.3, 0.4) is 0 Å². The summed E-state index contributed by atoms with van der Waals surface area (Å²) in [4.78, 5) is 26.4. The zero-order valence-electron chi connectivity index (χ0n) is 17.1. The van der Waals surface area contributed by atoms with Crippen molar-refractivity contribution in [2.45, 2.75) is 69.1 Å². The van der Waals surface area contributed by atoms with E-state index in [1.54, 1.807) is 0 Å². The molecule has 1 aromatic rings. The number of nitrogens with zero attached hydrogens (tertiary/aromatic N) is 1. The van der Waals surface area contributed by atoms with E-state index in [-0.39, 0.29) is 19.1 Å². The molecule has 2 heterocycles. The maximum atomic E-state index is 14.3. The summed E-state index contributed by atoms with van der Waals surface area (Å²) in [5, 5.41) is 21.6. The monoisotopic (exact) mass is 424 g/mol. The van der Waals surface area contributed by atoms with Gasteiger partial charge in [0.15, 0.2) is 5.67 Å². The molecule has 3 rings (SSSR count). The van der Waals surface area contributed by atoms with E-state index in [1.807, 2.05) is 0 Å². The van der Waals surface area contributed by atoms with Gasteiger partial charge < -0.3 is 25.0 Å². The molecule has 0 spiro atoms. The summed E-state index contributed by atoms with van der Waals surface area (Å²) >= 11 is 0. The van der Waals surface area contributed by atoms with Gasteiger partial charge in [-0.05, 0) is 63.6 Å². The molecule has 2 aliphatic heterocycles. The fourth-order valence-corrected chi connectivity index (χ4v) is 4.41. The lowest BCUT2D eigenvalue weighted by Gasteiger charge is -2.36. The lowest BCUT2D eigenvalue weighted by molar-refractivity contribution is -0.147. The van der Waals surface area contributed by atoms with Crippen molar-refractivity contribution in [1.29, 1.82) is 0 Å². The zero-order valence-corrected chi connectivity index (χ0v) is 17.1. The number of benzene rings is 1. The lowest BCUT2D eigenvalue weighted by Crippen LogP contribution is -2.54. The predicted molar refractivity (Wildman–Crippen MR) is 106 cm³/mol. The third-order valence-corrected chi connectivity index (χ3v) is 5.99. The predicted octanol–water partition coefficient (Wildman–Crippen LogP) is 1.75. The molecule has 2 saturated heterocycles. The largest absolute Gasteiger partial charge is 0.475 e. The van der Waals surface area contributed by atoms with E-state index in [0.717, 1.165) is 12.8 Å². The highest BCUT2D eigenvalue weighted by Gasteiger charge is 2.57. The van der Waals surface area contributed by atoms with Crippen LogP contribution in [-0.4, -0.2) is 63.9 Å². The molecule has 2 fully saturated rings. The fraction of sp³-hybridized carbons (Fsp3) is 0.600. The molecule has 1 aromatic carbocycles. The third-order valence-electron chi connectivity index (χ3n) is 5.99. The van der Waals surface area contributed by atoms with Crippen LogP contribution in [0.5, 0.6) is 0 Å². The topological polar surface area (TPSA) is 99.1 Å². The number of hydrogen-bond acceptors (Lipinski definition) is 5. The lowest BCUT2D eigenvalue weighted by atomic mass is 9.76. The van der Waals surface area contributed by atoms with Gasteiger partial charge in [-0.15, -0.1) is 0 Å². The Balaban J connectivity index is 1.61. The molecule has 30 heavy (non-hydrogen) atoms. The Labute approximate surface area is 174 Å². The van der Waals surface area contributed by atoms with Crippen LogP contribution in [0.15, 0.2) is 24.3 Å². The molecule has 2 amide bonds. The van der Waals surface area contributed by atoms with Crippen molar-refractivity contribution in [1.82, 2.24) is 10.2 Å². The Morgan fingerprint density at radius 2 is 1.90 bits per heavy atom. The number of alkyl carbamates (subject to hydrolysis) is 1. The standard InChI is InChI=1S/C20H27BF2N2O5/c1-19(2,23)17(26)25-15-7-9-20(25,10-8-15)12-30-18(27)24-16(21(28)29)11-13-3-5-14(22)6-4-13/h3-6,15-16,28-29H,7-12H2,1-2H3,(H,24,27)/t15?,16-,20?/m0/s1. The van der Waals surface area contributed by atoms with Gasteiger partial charge in [0, 0.05) is 6.04 Å². The average Bonchev–Trinajstić information content (AvgIpc) is 3.21. The number of amides is 2. The molecule has 0 radical (unpaired) electrons. The van der Waals surface area contributed by atoms with Gasteiger partial charge >= 0.3 is 13.2 Å². The molecule has 0 saturated carbocycles. The molecule has 2 bridgehead atoms. The van der Waals surface area contributed by atoms with Crippen molar-refractivity contribution in [3.63, 3.8) is 0 Å². The number of hydrogen-bond donors (Lipinski definition) is 3. The number of halogens is 2. The zero-order chi connectivity index (χ0) is 22.1. The van der Waals surface area contributed by atoms with Gasteiger partial charge in [0.25, 0.3) is 5.91 Å². The number of carbonyl (C=O) groups excluding carboxylic acids is 2. The van der Waals surface area contributed by atoms with Crippen molar-refractivity contribution >= 4 is 19.1 Å². The number of nitrogens with one attached hydrogen (secondary N) is 1. The average molecular weight is 424 g/mol. The Hall–Kier alpha value is -2.20. The molecular weight excluding hydrogens is 397 g/mol. The first-order valence-corrected chi connectivity index (χ1v) is 10.1. The molecule has 0 unspecified atom stereocenters. The van der Waals surface area contributed by atoms with Crippen LogP contribution in [0, 0.1) is 5.82 Å². The van der Waals surface area contributed by atoms with Crippen LogP contribution >= 0.6 is 0 Å². The van der Waals surface area contributed by atoms with Crippen molar-refractivity contribution < 1.29 is 33.2 Å². The number of alkyl halides is 1. The summed E-state index contributed by atoms with van der Waals surface area (Å²) < 4.78 is 32.6. The molecular formula is C20H27BF2N2O5. The van der Waals surface area contributed by atoms with E-state index in [0.29, 0.717) is 18.4 Å². The smallest absolute Gasteiger partial charge is 0.447 e. The molecule has 0 aliphatic carbocycles. The van der Waals surface area contributed by atoms with Crippen molar-refractivity contribution in [2.75, 3.05) is 6.61 Å². The van der Waals surface area contributed by atoms with Crippen LogP contribution in [-0.2, 0) is 16.0 Å². The normalized spacial score (nSPS) is 23.9. The second-order valence-electron chi connectivity index (χ2n) is 8.67. The summed E-state index contributed by atoms with van der Waals surface area (Å²) in [7, 11) is -1.85. The number of ether oxygens (including phenoxy) is 1. The van der Waals surface area contributed by atoms with E-state index >= 15 is 0 Å². The summed E-state index contributed by atoms with van der Waals surface area (Å²) in [5.74, 6) is -2.09. The van der Waals surface area contributed by atoms with Crippen LogP contribution in [0.1, 0.15) is 45.1 Å². The van der Waals surface area contributed by atoms with Crippen LogP contribution in [0.2, 0.25) is 0 Å². The third kappa shape index (κ3) is 4.75. The first-order valence-electron chi connectivity index (χ1n) is 10.1. The van der Waals surface area contributed by atoms with Gasteiger partial charge in [-0.2, -0.15) is 0 Å². The number of carbonyl (C=O) groups is 2. The van der Waals surface area contributed by atoms with Gasteiger partial charge in [0.2, 0.25) is 0 Å². The minimum absolute atomic E-state index is 0.0512. The van der Waals surface area contributed by atoms with Crippen LogP contribution in [0.4, 0.5) is 13.6 Å². The fourth-order valence-electron chi connectivity index (χ4n) is 4.41. The Morgan fingerprint density at radius 1 is 1.30 bits per heavy atom.